The summed E-state index contributed by atoms with van der Waals surface area (Å²) in [4.78, 5) is 11.8. The molecule has 1 rings (SSSR count). The fourth-order valence-corrected chi connectivity index (χ4v) is 2.97. The molecule has 27 heavy (non-hydrogen) atoms. The van der Waals surface area contributed by atoms with Crippen LogP contribution in [0.25, 0.3) is 6.08 Å². The van der Waals surface area contributed by atoms with E-state index in [0.717, 1.165) is 24.1 Å². The highest BCUT2D eigenvalue weighted by Gasteiger charge is 2.00. The SMILES string of the molecule is CCCCCCCCCCCCCC(=O)N/N=C(C)/C=C/c1ccccc1. The van der Waals surface area contributed by atoms with Crippen LogP contribution in [0.2, 0.25) is 0 Å². The second-order valence-electron chi connectivity index (χ2n) is 7.32. The van der Waals surface area contributed by atoms with Crippen LogP contribution in [-0.2, 0) is 4.79 Å². The van der Waals surface area contributed by atoms with Gasteiger partial charge in [-0.2, -0.15) is 5.10 Å². The number of nitrogens with zero attached hydrogens (tertiary/aromatic N) is 1. The lowest BCUT2D eigenvalue weighted by molar-refractivity contribution is -0.121. The summed E-state index contributed by atoms with van der Waals surface area (Å²) in [6.07, 6.45) is 18.7. The molecule has 1 N–H and O–H groups in total. The number of amides is 1. The minimum absolute atomic E-state index is 0.0124. The van der Waals surface area contributed by atoms with Gasteiger partial charge in [0.15, 0.2) is 0 Å². The predicted octanol–water partition coefficient (Wildman–Crippen LogP) is 6.89. The fraction of sp³-hybridized carbons (Fsp3) is 0.583. The largest absolute Gasteiger partial charge is 0.273 e. The van der Waals surface area contributed by atoms with E-state index in [-0.39, 0.29) is 5.91 Å². The van der Waals surface area contributed by atoms with Crippen molar-refractivity contribution < 1.29 is 4.79 Å². The Morgan fingerprint density at radius 1 is 0.889 bits per heavy atom. The van der Waals surface area contributed by atoms with Gasteiger partial charge >= 0.3 is 0 Å². The van der Waals surface area contributed by atoms with E-state index in [9.17, 15) is 4.79 Å². The molecule has 3 nitrogen and oxygen atoms in total. The molecule has 3 heteroatoms. The molecule has 0 saturated carbocycles. The van der Waals surface area contributed by atoms with Gasteiger partial charge in [0, 0.05) is 6.42 Å². The quantitative estimate of drug-likeness (QED) is 0.204. The highest BCUT2D eigenvalue weighted by atomic mass is 16.2. The molecule has 0 saturated heterocycles. The summed E-state index contributed by atoms with van der Waals surface area (Å²) in [5, 5.41) is 4.14. The maximum absolute atomic E-state index is 11.8. The van der Waals surface area contributed by atoms with E-state index >= 15 is 0 Å². The molecule has 0 spiro atoms. The van der Waals surface area contributed by atoms with Gasteiger partial charge in [-0.3, -0.25) is 4.79 Å². The average Bonchev–Trinajstić information content (AvgIpc) is 2.69. The van der Waals surface area contributed by atoms with E-state index in [0.29, 0.717) is 6.42 Å². The lowest BCUT2D eigenvalue weighted by Crippen LogP contribution is -2.18. The Morgan fingerprint density at radius 3 is 2.04 bits per heavy atom. The Kier molecular flexibility index (Phi) is 14.0. The summed E-state index contributed by atoms with van der Waals surface area (Å²) in [6, 6.07) is 10.1. The van der Waals surface area contributed by atoms with Crippen molar-refractivity contribution in [3.05, 3.63) is 42.0 Å². The van der Waals surface area contributed by atoms with Crippen molar-refractivity contribution in [2.45, 2.75) is 90.9 Å². The third-order valence-corrected chi connectivity index (χ3v) is 4.68. The topological polar surface area (TPSA) is 41.5 Å². The number of hydrogen-bond acceptors (Lipinski definition) is 2. The summed E-state index contributed by atoms with van der Waals surface area (Å²) in [7, 11) is 0. The fourth-order valence-electron chi connectivity index (χ4n) is 2.97. The molecule has 0 bridgehead atoms. The Morgan fingerprint density at radius 2 is 1.44 bits per heavy atom. The van der Waals surface area contributed by atoms with Crippen molar-refractivity contribution in [3.63, 3.8) is 0 Å². The minimum Gasteiger partial charge on any atom is -0.273 e. The lowest BCUT2D eigenvalue weighted by Gasteiger charge is -2.03. The average molecular weight is 371 g/mol. The summed E-state index contributed by atoms with van der Waals surface area (Å²) < 4.78 is 0. The molecular weight excluding hydrogens is 332 g/mol. The third-order valence-electron chi connectivity index (χ3n) is 4.68. The molecule has 0 aliphatic rings. The molecule has 1 aromatic rings. The summed E-state index contributed by atoms with van der Waals surface area (Å²) in [5.74, 6) is 0.0124. The summed E-state index contributed by atoms with van der Waals surface area (Å²) >= 11 is 0. The molecule has 1 aromatic carbocycles. The Hall–Kier alpha value is -1.90. The van der Waals surface area contributed by atoms with Crippen LogP contribution in [-0.4, -0.2) is 11.6 Å². The number of rotatable bonds is 15. The molecule has 0 unspecified atom stereocenters. The van der Waals surface area contributed by atoms with E-state index < -0.39 is 0 Å². The normalized spacial score (nSPS) is 11.9. The highest BCUT2D eigenvalue weighted by Crippen LogP contribution is 2.11. The van der Waals surface area contributed by atoms with Crippen LogP contribution >= 0.6 is 0 Å². The monoisotopic (exact) mass is 370 g/mol. The summed E-state index contributed by atoms with van der Waals surface area (Å²) in [5.41, 5.74) is 4.57. The van der Waals surface area contributed by atoms with Crippen LogP contribution < -0.4 is 5.43 Å². The number of hydrazone groups is 1. The maximum atomic E-state index is 11.8. The van der Waals surface area contributed by atoms with Gasteiger partial charge in [0.25, 0.3) is 0 Å². The second-order valence-corrected chi connectivity index (χ2v) is 7.32. The van der Waals surface area contributed by atoms with E-state index in [1.807, 2.05) is 49.4 Å². The van der Waals surface area contributed by atoms with Gasteiger partial charge in [-0.1, -0.05) is 108 Å². The molecule has 0 aliphatic heterocycles. The van der Waals surface area contributed by atoms with Crippen molar-refractivity contribution >= 4 is 17.7 Å². The standard InChI is InChI=1S/C24H38N2O/c1-3-4-5-6-7-8-9-10-11-12-16-19-24(27)26-25-22(2)20-21-23-17-14-13-15-18-23/h13-15,17-18,20-21H,3-12,16,19H2,1-2H3,(H,26,27)/b21-20+,25-22+. The summed E-state index contributed by atoms with van der Waals surface area (Å²) in [6.45, 7) is 4.15. The van der Waals surface area contributed by atoms with Gasteiger partial charge < -0.3 is 0 Å². The Labute approximate surface area is 166 Å². The number of nitrogens with one attached hydrogen (secondary N) is 1. The van der Waals surface area contributed by atoms with Crippen LogP contribution in [0, 0.1) is 0 Å². The zero-order valence-electron chi connectivity index (χ0n) is 17.4. The number of carbonyl (C=O) groups excluding carboxylic acids is 1. The first-order chi connectivity index (χ1) is 13.2. The van der Waals surface area contributed by atoms with Gasteiger partial charge in [0.05, 0.1) is 5.71 Å². The van der Waals surface area contributed by atoms with E-state index in [2.05, 4.69) is 17.5 Å². The number of unbranched alkanes of at least 4 members (excludes halogenated alkanes) is 10. The second kappa shape index (κ2) is 16.3. The Balaban J connectivity index is 2.00. The van der Waals surface area contributed by atoms with E-state index in [4.69, 9.17) is 0 Å². The maximum Gasteiger partial charge on any atom is 0.240 e. The van der Waals surface area contributed by atoms with Gasteiger partial charge in [0.2, 0.25) is 5.91 Å². The lowest BCUT2D eigenvalue weighted by atomic mass is 10.1. The van der Waals surface area contributed by atoms with Crippen molar-refractivity contribution in [2.24, 2.45) is 5.10 Å². The first-order valence-electron chi connectivity index (χ1n) is 10.8. The third kappa shape index (κ3) is 13.9. The van der Waals surface area contributed by atoms with Crippen molar-refractivity contribution in [1.29, 1.82) is 0 Å². The van der Waals surface area contributed by atoms with Crippen molar-refractivity contribution in [1.82, 2.24) is 5.43 Å². The zero-order chi connectivity index (χ0) is 19.6. The number of benzene rings is 1. The zero-order valence-corrected chi connectivity index (χ0v) is 17.4. The van der Waals surface area contributed by atoms with Crippen LogP contribution in [0.15, 0.2) is 41.5 Å². The van der Waals surface area contributed by atoms with Crippen molar-refractivity contribution in [3.8, 4) is 0 Å². The molecule has 0 aliphatic carbocycles. The number of carbonyl (C=O) groups is 1. The minimum atomic E-state index is 0.0124. The Bertz CT molecular complexity index is 549. The number of allylic oxidation sites excluding steroid dienone is 1. The van der Waals surface area contributed by atoms with Crippen LogP contribution in [0.1, 0.15) is 96.5 Å². The predicted molar refractivity (Wildman–Crippen MR) is 118 cm³/mol. The van der Waals surface area contributed by atoms with Crippen LogP contribution in [0.3, 0.4) is 0 Å². The molecule has 1 amide bonds. The molecule has 150 valence electrons. The molecule has 0 fully saturated rings. The smallest absolute Gasteiger partial charge is 0.240 e. The molecular formula is C24H38N2O. The van der Waals surface area contributed by atoms with Gasteiger partial charge in [0.1, 0.15) is 0 Å². The van der Waals surface area contributed by atoms with Gasteiger partial charge in [-0.15, -0.1) is 0 Å². The van der Waals surface area contributed by atoms with Gasteiger partial charge in [-0.25, -0.2) is 5.43 Å². The van der Waals surface area contributed by atoms with Crippen molar-refractivity contribution in [2.75, 3.05) is 0 Å². The van der Waals surface area contributed by atoms with Gasteiger partial charge in [-0.05, 0) is 25.0 Å². The first kappa shape index (κ1) is 23.1. The van der Waals surface area contributed by atoms with E-state index in [1.165, 1.54) is 57.8 Å². The number of hydrogen-bond donors (Lipinski definition) is 1. The van der Waals surface area contributed by atoms with Crippen LogP contribution in [0.4, 0.5) is 0 Å². The van der Waals surface area contributed by atoms with E-state index in [1.54, 1.807) is 0 Å². The first-order valence-corrected chi connectivity index (χ1v) is 10.8. The highest BCUT2D eigenvalue weighted by molar-refractivity contribution is 5.96. The molecule has 0 heterocycles. The molecule has 0 radical (unpaired) electrons. The molecule has 0 aromatic heterocycles. The molecule has 0 atom stereocenters. The van der Waals surface area contributed by atoms with Crippen LogP contribution in [0.5, 0.6) is 0 Å².